The second-order valence-electron chi connectivity index (χ2n) is 9.47. The van der Waals surface area contributed by atoms with Crippen molar-refractivity contribution < 1.29 is 13.9 Å². The van der Waals surface area contributed by atoms with Crippen LogP contribution in [0.1, 0.15) is 43.6 Å². The van der Waals surface area contributed by atoms with Gasteiger partial charge in [0, 0.05) is 24.2 Å². The van der Waals surface area contributed by atoms with Crippen molar-refractivity contribution in [3.63, 3.8) is 0 Å². The maximum atomic E-state index is 14.0. The van der Waals surface area contributed by atoms with E-state index in [1.165, 1.54) is 12.1 Å². The lowest BCUT2D eigenvalue weighted by Gasteiger charge is -2.42. The van der Waals surface area contributed by atoms with Gasteiger partial charge < -0.3 is 13.9 Å². The van der Waals surface area contributed by atoms with Gasteiger partial charge in [0.1, 0.15) is 11.6 Å². The number of carbonyl (C=O) groups is 1. The van der Waals surface area contributed by atoms with Gasteiger partial charge >= 0.3 is 0 Å². The predicted octanol–water partition coefficient (Wildman–Crippen LogP) is 5.45. The Kier molecular flexibility index (Phi) is 5.74. The molecule has 184 valence electrons. The molecule has 1 unspecified atom stereocenters. The second-order valence-corrected chi connectivity index (χ2v) is 9.47. The van der Waals surface area contributed by atoms with E-state index in [4.69, 9.17) is 4.74 Å². The number of rotatable bonds is 5. The average molecular weight is 486 g/mol. The molecule has 0 radical (unpaired) electrons. The molecule has 0 N–H and O–H groups in total. The maximum Gasteiger partial charge on any atom is 0.259 e. The lowest BCUT2D eigenvalue weighted by Crippen LogP contribution is -2.49. The van der Waals surface area contributed by atoms with E-state index in [1.54, 1.807) is 36.7 Å². The van der Waals surface area contributed by atoms with Crippen LogP contribution >= 0.6 is 0 Å². The number of nitrogens with zero attached hydrogens (tertiary/aromatic N) is 5. The van der Waals surface area contributed by atoms with Crippen molar-refractivity contribution in [2.75, 3.05) is 12.0 Å². The molecule has 1 amide bonds. The van der Waals surface area contributed by atoms with Gasteiger partial charge in [0.2, 0.25) is 5.95 Å². The van der Waals surface area contributed by atoms with E-state index in [1.807, 2.05) is 73.5 Å². The van der Waals surface area contributed by atoms with Crippen molar-refractivity contribution in [1.82, 2.24) is 19.1 Å². The van der Waals surface area contributed by atoms with E-state index in [0.717, 1.165) is 22.5 Å². The van der Waals surface area contributed by atoms with Crippen LogP contribution in [0.25, 0.3) is 11.8 Å². The molecule has 1 aliphatic rings. The summed E-state index contributed by atoms with van der Waals surface area (Å²) in [6.07, 6.45) is 9.15. The molecular weight excluding hydrogens is 457 g/mol. The van der Waals surface area contributed by atoms with Crippen LogP contribution in [0.2, 0.25) is 0 Å². The van der Waals surface area contributed by atoms with Crippen LogP contribution in [-0.4, -0.2) is 32.1 Å². The van der Waals surface area contributed by atoms with E-state index in [9.17, 15) is 9.18 Å². The molecule has 2 aromatic carbocycles. The first-order valence-corrected chi connectivity index (χ1v) is 11.7. The largest absolute Gasteiger partial charge is 0.495 e. The topological polar surface area (TPSA) is 65.2 Å². The number of halogens is 1. The molecule has 3 heterocycles. The Balaban J connectivity index is 1.59. The number of imidazole rings is 2. The molecule has 0 bridgehead atoms. The number of ether oxygens (including phenoxy) is 1. The summed E-state index contributed by atoms with van der Waals surface area (Å²) in [6, 6.07) is 11.7. The second kappa shape index (κ2) is 8.78. The van der Waals surface area contributed by atoms with Gasteiger partial charge in [0.15, 0.2) is 0 Å². The predicted molar refractivity (Wildman–Crippen MR) is 137 cm³/mol. The Bertz CT molecular complexity index is 1470. The van der Waals surface area contributed by atoms with Crippen LogP contribution < -0.4 is 9.64 Å². The number of anilines is 1. The number of fused-ring (bicyclic) bond motifs is 1. The minimum Gasteiger partial charge on any atom is -0.495 e. The van der Waals surface area contributed by atoms with Crippen molar-refractivity contribution in [2.24, 2.45) is 0 Å². The van der Waals surface area contributed by atoms with E-state index < -0.39 is 5.54 Å². The molecule has 4 aromatic rings. The minimum atomic E-state index is -0.644. The van der Waals surface area contributed by atoms with Crippen molar-refractivity contribution in [1.29, 1.82) is 0 Å². The smallest absolute Gasteiger partial charge is 0.259 e. The van der Waals surface area contributed by atoms with Gasteiger partial charge in [-0.05, 0) is 69.2 Å². The summed E-state index contributed by atoms with van der Waals surface area (Å²) < 4.78 is 23.1. The summed E-state index contributed by atoms with van der Waals surface area (Å²) in [5.41, 5.74) is 3.38. The quantitative estimate of drug-likeness (QED) is 0.353. The lowest BCUT2D eigenvalue weighted by molar-refractivity contribution is -0.117. The van der Waals surface area contributed by atoms with Crippen molar-refractivity contribution in [3.05, 3.63) is 95.6 Å². The van der Waals surface area contributed by atoms with Crippen LogP contribution in [-0.2, 0) is 10.3 Å². The third kappa shape index (κ3) is 3.88. The van der Waals surface area contributed by atoms with Crippen molar-refractivity contribution in [3.8, 4) is 11.4 Å². The minimum absolute atomic E-state index is 0.149. The van der Waals surface area contributed by atoms with Gasteiger partial charge in [0.25, 0.3) is 5.91 Å². The fourth-order valence-corrected chi connectivity index (χ4v) is 4.72. The highest BCUT2D eigenvalue weighted by Gasteiger charge is 2.43. The van der Waals surface area contributed by atoms with Gasteiger partial charge in [-0.15, -0.1) is 0 Å². The van der Waals surface area contributed by atoms with Crippen LogP contribution in [0, 0.1) is 12.7 Å². The molecule has 0 fully saturated rings. The summed E-state index contributed by atoms with van der Waals surface area (Å²) in [6.45, 7) is 7.86. The molecule has 36 heavy (non-hydrogen) atoms. The van der Waals surface area contributed by atoms with Crippen LogP contribution in [0.3, 0.4) is 0 Å². The molecule has 5 rings (SSSR count). The molecule has 0 saturated heterocycles. The molecule has 0 aliphatic carbocycles. The molecule has 0 spiro atoms. The molecule has 8 heteroatoms. The SMILES string of the molecule is COc1cc(C=C2C(=O)N(C(C)c3ccc(F)cc3)c3nccn3C2(C)C)ccc1-n1cnc(C)c1. The van der Waals surface area contributed by atoms with Gasteiger partial charge in [-0.2, -0.15) is 0 Å². The monoisotopic (exact) mass is 485 g/mol. The fraction of sp³-hybridized carbons (Fsp3) is 0.250. The maximum absolute atomic E-state index is 14.0. The number of aromatic nitrogens is 4. The normalized spacial score (nSPS) is 16.8. The van der Waals surface area contributed by atoms with E-state index in [0.29, 0.717) is 17.3 Å². The Hall–Kier alpha value is -4.20. The van der Waals surface area contributed by atoms with E-state index in [-0.39, 0.29) is 17.8 Å². The van der Waals surface area contributed by atoms with Crippen LogP contribution in [0.15, 0.2) is 73.0 Å². The third-order valence-corrected chi connectivity index (χ3v) is 6.79. The Morgan fingerprint density at radius 2 is 1.86 bits per heavy atom. The van der Waals surface area contributed by atoms with E-state index in [2.05, 4.69) is 9.97 Å². The number of methoxy groups -OCH3 is 1. The summed E-state index contributed by atoms with van der Waals surface area (Å²) in [5.74, 6) is 0.760. The fourth-order valence-electron chi connectivity index (χ4n) is 4.72. The average Bonchev–Trinajstić information content (AvgIpc) is 3.52. The standard InChI is InChI=1S/C28H28FN5O2/c1-18-16-32(17-31-18)24-11-6-20(15-25(24)36-5)14-23-26(35)34(19(2)21-7-9-22(29)10-8-21)27-30-12-13-33(27)28(23,3)4/h6-17,19H,1-5H3. The third-order valence-electron chi connectivity index (χ3n) is 6.79. The molecule has 2 aromatic heterocycles. The number of aryl methyl sites for hydroxylation is 1. The zero-order valence-corrected chi connectivity index (χ0v) is 20.9. The Morgan fingerprint density at radius 3 is 2.53 bits per heavy atom. The molecular formula is C28H28FN5O2. The highest BCUT2D eigenvalue weighted by atomic mass is 19.1. The van der Waals surface area contributed by atoms with Gasteiger partial charge in [-0.1, -0.05) is 18.2 Å². The Labute approximate surface area is 209 Å². The summed E-state index contributed by atoms with van der Waals surface area (Å²) in [4.78, 5) is 24.5. The van der Waals surface area contributed by atoms with Crippen molar-refractivity contribution in [2.45, 2.75) is 39.3 Å². The first kappa shape index (κ1) is 23.5. The zero-order chi connectivity index (χ0) is 25.6. The number of benzene rings is 2. The highest BCUT2D eigenvalue weighted by Crippen LogP contribution is 2.41. The van der Waals surface area contributed by atoms with Crippen LogP contribution in [0.4, 0.5) is 10.3 Å². The molecule has 1 aliphatic heterocycles. The number of carbonyl (C=O) groups excluding carboxylic acids is 1. The summed E-state index contributed by atoms with van der Waals surface area (Å²) in [7, 11) is 1.62. The molecule has 7 nitrogen and oxygen atoms in total. The zero-order valence-electron chi connectivity index (χ0n) is 20.9. The lowest BCUT2D eigenvalue weighted by atomic mass is 9.88. The molecule has 1 atom stereocenters. The van der Waals surface area contributed by atoms with Gasteiger partial charge in [-0.3, -0.25) is 9.69 Å². The summed E-state index contributed by atoms with van der Waals surface area (Å²) in [5, 5.41) is 0. The van der Waals surface area contributed by atoms with Gasteiger partial charge in [-0.25, -0.2) is 14.4 Å². The number of amides is 1. The highest BCUT2D eigenvalue weighted by molar-refractivity contribution is 6.10. The number of hydrogen-bond donors (Lipinski definition) is 0. The first-order valence-electron chi connectivity index (χ1n) is 11.7. The first-order chi connectivity index (χ1) is 17.2. The Morgan fingerprint density at radius 1 is 1.11 bits per heavy atom. The van der Waals surface area contributed by atoms with Crippen molar-refractivity contribution >= 4 is 17.9 Å². The van der Waals surface area contributed by atoms with Gasteiger partial charge in [0.05, 0.1) is 36.4 Å². The van der Waals surface area contributed by atoms with Crippen LogP contribution in [0.5, 0.6) is 5.75 Å². The molecule has 0 saturated carbocycles. The van der Waals surface area contributed by atoms with E-state index >= 15 is 0 Å². The number of hydrogen-bond acceptors (Lipinski definition) is 4. The summed E-state index contributed by atoms with van der Waals surface area (Å²) >= 11 is 0.